The lowest BCUT2D eigenvalue weighted by Crippen LogP contribution is -2.35. The Morgan fingerprint density at radius 1 is 1.12 bits per heavy atom. The standard InChI is InChI=1S/C13H7Cl2F3N4O2/c14-7-2-1-5-19-10(7)21-12(24)22-11(23)6-3-4-8(13(16,17)18)20-9(6)15/h1-5H,(H2,19,21,22,23,24). The van der Waals surface area contributed by atoms with Gasteiger partial charge in [-0.15, -0.1) is 0 Å². The monoisotopic (exact) mass is 378 g/mol. The third-order valence-corrected chi connectivity index (χ3v) is 3.19. The van der Waals surface area contributed by atoms with Gasteiger partial charge in [0.05, 0.1) is 10.6 Å². The predicted molar refractivity (Wildman–Crippen MR) is 80.0 cm³/mol. The van der Waals surface area contributed by atoms with Gasteiger partial charge in [0.2, 0.25) is 0 Å². The quantitative estimate of drug-likeness (QED) is 0.779. The second-order valence-electron chi connectivity index (χ2n) is 4.27. The number of imide groups is 1. The molecule has 126 valence electrons. The van der Waals surface area contributed by atoms with E-state index in [9.17, 15) is 22.8 Å². The Morgan fingerprint density at radius 3 is 2.42 bits per heavy atom. The van der Waals surface area contributed by atoms with Crippen LogP contribution in [-0.4, -0.2) is 21.9 Å². The van der Waals surface area contributed by atoms with Gasteiger partial charge in [-0.25, -0.2) is 14.8 Å². The number of amides is 3. The molecule has 3 amide bonds. The van der Waals surface area contributed by atoms with Crippen molar-refractivity contribution in [1.82, 2.24) is 15.3 Å². The summed E-state index contributed by atoms with van der Waals surface area (Å²) in [6, 6.07) is 3.40. The molecule has 0 fully saturated rings. The normalized spacial score (nSPS) is 11.0. The Hall–Kier alpha value is -2.39. The number of carbonyl (C=O) groups is 2. The second kappa shape index (κ2) is 7.02. The van der Waals surface area contributed by atoms with Crippen LogP contribution in [0.15, 0.2) is 30.5 Å². The Bertz CT molecular complexity index is 799. The molecule has 2 rings (SSSR count). The molecule has 2 aromatic heterocycles. The molecule has 2 heterocycles. The molecule has 0 aliphatic carbocycles. The number of carbonyl (C=O) groups excluding carboxylic acids is 2. The van der Waals surface area contributed by atoms with E-state index in [0.717, 1.165) is 6.07 Å². The summed E-state index contributed by atoms with van der Waals surface area (Å²) < 4.78 is 37.5. The molecule has 0 aromatic carbocycles. The highest BCUT2D eigenvalue weighted by Crippen LogP contribution is 2.29. The lowest BCUT2D eigenvalue weighted by molar-refractivity contribution is -0.141. The van der Waals surface area contributed by atoms with Crippen LogP contribution < -0.4 is 10.6 Å². The minimum Gasteiger partial charge on any atom is -0.291 e. The third-order valence-electron chi connectivity index (χ3n) is 2.60. The van der Waals surface area contributed by atoms with Gasteiger partial charge in [-0.1, -0.05) is 23.2 Å². The number of nitrogens with one attached hydrogen (secondary N) is 2. The Labute approximate surface area is 143 Å². The van der Waals surface area contributed by atoms with Gasteiger partial charge in [0, 0.05) is 6.20 Å². The first-order chi connectivity index (χ1) is 11.2. The van der Waals surface area contributed by atoms with Crippen molar-refractivity contribution in [2.45, 2.75) is 6.18 Å². The molecule has 0 radical (unpaired) electrons. The number of alkyl halides is 3. The number of halogens is 5. The van der Waals surface area contributed by atoms with E-state index < -0.39 is 34.5 Å². The van der Waals surface area contributed by atoms with Gasteiger partial charge in [-0.05, 0) is 24.3 Å². The maximum atomic E-state index is 12.5. The first-order valence-electron chi connectivity index (χ1n) is 6.15. The fraction of sp³-hybridized carbons (Fsp3) is 0.0769. The van der Waals surface area contributed by atoms with E-state index in [-0.39, 0.29) is 10.8 Å². The zero-order chi connectivity index (χ0) is 17.9. The summed E-state index contributed by atoms with van der Waals surface area (Å²) in [5.74, 6) is -1.04. The van der Waals surface area contributed by atoms with E-state index in [1.807, 2.05) is 5.32 Å². The molecule has 0 saturated carbocycles. The third kappa shape index (κ3) is 4.33. The van der Waals surface area contributed by atoms with Crippen LogP contribution in [-0.2, 0) is 6.18 Å². The minimum atomic E-state index is -4.70. The zero-order valence-corrected chi connectivity index (χ0v) is 13.0. The van der Waals surface area contributed by atoms with Gasteiger partial charge >= 0.3 is 12.2 Å². The van der Waals surface area contributed by atoms with Gasteiger partial charge in [-0.2, -0.15) is 13.2 Å². The summed E-state index contributed by atoms with van der Waals surface area (Å²) in [6.07, 6.45) is -3.34. The van der Waals surface area contributed by atoms with E-state index in [2.05, 4.69) is 15.3 Å². The first-order valence-corrected chi connectivity index (χ1v) is 6.90. The number of aromatic nitrogens is 2. The lowest BCUT2D eigenvalue weighted by Gasteiger charge is -2.10. The lowest BCUT2D eigenvalue weighted by atomic mass is 10.2. The highest BCUT2D eigenvalue weighted by Gasteiger charge is 2.33. The SMILES string of the molecule is O=C(NC(=O)c1ccc(C(F)(F)F)nc1Cl)Nc1ncccc1Cl. The first kappa shape index (κ1) is 18.0. The largest absolute Gasteiger partial charge is 0.433 e. The second-order valence-corrected chi connectivity index (χ2v) is 5.04. The van der Waals surface area contributed by atoms with Gasteiger partial charge in [0.25, 0.3) is 5.91 Å². The molecule has 24 heavy (non-hydrogen) atoms. The average molecular weight is 379 g/mol. The van der Waals surface area contributed by atoms with Gasteiger partial charge in [0.1, 0.15) is 10.8 Å². The Kier molecular flexibility index (Phi) is 5.25. The molecule has 0 aliphatic rings. The molecule has 0 aliphatic heterocycles. The number of anilines is 1. The van der Waals surface area contributed by atoms with Crippen molar-refractivity contribution in [3.05, 3.63) is 51.9 Å². The smallest absolute Gasteiger partial charge is 0.291 e. The van der Waals surface area contributed by atoms with Crippen molar-refractivity contribution in [3.63, 3.8) is 0 Å². The molecule has 0 spiro atoms. The molecular weight excluding hydrogens is 372 g/mol. The number of pyridine rings is 2. The molecule has 11 heteroatoms. The summed E-state index contributed by atoms with van der Waals surface area (Å²) >= 11 is 11.3. The van der Waals surface area contributed by atoms with Crippen molar-refractivity contribution >= 4 is 41.0 Å². The van der Waals surface area contributed by atoms with Crippen LogP contribution in [0, 0.1) is 0 Å². The molecule has 2 aromatic rings. The molecule has 0 atom stereocenters. The summed E-state index contributed by atoms with van der Waals surface area (Å²) in [4.78, 5) is 30.4. The predicted octanol–water partition coefficient (Wildman–Crippen LogP) is 3.76. The number of urea groups is 1. The zero-order valence-electron chi connectivity index (χ0n) is 11.5. The summed E-state index contributed by atoms with van der Waals surface area (Å²) in [7, 11) is 0. The molecular formula is C13H7Cl2F3N4O2. The highest BCUT2D eigenvalue weighted by molar-refractivity contribution is 6.34. The van der Waals surface area contributed by atoms with Crippen molar-refractivity contribution in [2.24, 2.45) is 0 Å². The van der Waals surface area contributed by atoms with Crippen molar-refractivity contribution in [2.75, 3.05) is 5.32 Å². The van der Waals surface area contributed by atoms with Gasteiger partial charge in [-0.3, -0.25) is 15.4 Å². The molecule has 0 unspecified atom stereocenters. The number of hydrogen-bond donors (Lipinski definition) is 2. The fourth-order valence-electron chi connectivity index (χ4n) is 1.55. The molecule has 0 bridgehead atoms. The van der Waals surface area contributed by atoms with E-state index in [0.29, 0.717) is 6.07 Å². The van der Waals surface area contributed by atoms with Crippen LogP contribution in [0.2, 0.25) is 10.2 Å². The van der Waals surface area contributed by atoms with Crippen molar-refractivity contribution in [3.8, 4) is 0 Å². The van der Waals surface area contributed by atoms with Crippen LogP contribution in [0.3, 0.4) is 0 Å². The molecule has 2 N–H and O–H groups in total. The van der Waals surface area contributed by atoms with Gasteiger partial charge in [0.15, 0.2) is 5.82 Å². The summed E-state index contributed by atoms with van der Waals surface area (Å²) in [5.41, 5.74) is -1.65. The Balaban J connectivity index is 2.10. The summed E-state index contributed by atoms with van der Waals surface area (Å²) in [6.45, 7) is 0. The van der Waals surface area contributed by atoms with Crippen LogP contribution in [0.1, 0.15) is 16.1 Å². The summed E-state index contributed by atoms with van der Waals surface area (Å²) in [5, 5.41) is 3.53. The topological polar surface area (TPSA) is 84.0 Å². The molecule has 6 nitrogen and oxygen atoms in total. The van der Waals surface area contributed by atoms with E-state index in [1.165, 1.54) is 18.3 Å². The number of nitrogens with zero attached hydrogens (tertiary/aromatic N) is 2. The van der Waals surface area contributed by atoms with Crippen molar-refractivity contribution < 1.29 is 22.8 Å². The van der Waals surface area contributed by atoms with E-state index >= 15 is 0 Å². The van der Waals surface area contributed by atoms with Crippen LogP contribution in [0.5, 0.6) is 0 Å². The average Bonchev–Trinajstić information content (AvgIpc) is 2.48. The van der Waals surface area contributed by atoms with Gasteiger partial charge < -0.3 is 0 Å². The molecule has 0 saturated heterocycles. The maximum absolute atomic E-state index is 12.5. The fourth-order valence-corrected chi connectivity index (χ4v) is 1.96. The maximum Gasteiger partial charge on any atom is 0.433 e. The van der Waals surface area contributed by atoms with E-state index in [4.69, 9.17) is 23.2 Å². The van der Waals surface area contributed by atoms with Crippen LogP contribution in [0.4, 0.5) is 23.8 Å². The van der Waals surface area contributed by atoms with E-state index in [1.54, 1.807) is 0 Å². The number of hydrogen-bond acceptors (Lipinski definition) is 4. The Morgan fingerprint density at radius 2 is 1.83 bits per heavy atom. The van der Waals surface area contributed by atoms with Crippen LogP contribution in [0.25, 0.3) is 0 Å². The van der Waals surface area contributed by atoms with Crippen LogP contribution >= 0.6 is 23.2 Å². The van der Waals surface area contributed by atoms with Crippen molar-refractivity contribution in [1.29, 1.82) is 0 Å². The minimum absolute atomic E-state index is 0.00103. The highest BCUT2D eigenvalue weighted by atomic mass is 35.5. The number of rotatable bonds is 2.